The highest BCUT2D eigenvalue weighted by molar-refractivity contribution is 5.91. The van der Waals surface area contributed by atoms with Crippen molar-refractivity contribution in [2.24, 2.45) is 5.73 Å². The molecule has 0 fully saturated rings. The molecule has 3 N–H and O–H groups in total. The molecule has 2 aromatic rings. The summed E-state index contributed by atoms with van der Waals surface area (Å²) in [7, 11) is 1.55. The molecule has 0 aliphatic rings. The largest absolute Gasteiger partial charge is 0.380 e. The number of nitrogens with zero attached hydrogens (tertiary/aromatic N) is 2. The van der Waals surface area contributed by atoms with Crippen LogP contribution in [0, 0.1) is 13.8 Å². The topological polar surface area (TPSA) is 82.2 Å². The molecular weight excluding hydrogens is 280 g/mol. The van der Waals surface area contributed by atoms with Gasteiger partial charge < -0.3 is 15.8 Å². The molecule has 1 atom stereocenters. The summed E-state index contributed by atoms with van der Waals surface area (Å²) in [6.45, 7) is 4.26. The van der Waals surface area contributed by atoms with Gasteiger partial charge in [0.2, 0.25) is 5.91 Å². The van der Waals surface area contributed by atoms with Crippen LogP contribution >= 0.6 is 0 Å². The zero-order chi connectivity index (χ0) is 16.1. The average molecular weight is 302 g/mol. The van der Waals surface area contributed by atoms with E-state index in [-0.39, 0.29) is 18.4 Å². The molecule has 0 saturated carbocycles. The summed E-state index contributed by atoms with van der Waals surface area (Å²) in [4.78, 5) is 12.0. The SMILES string of the molecule is COC(CN)CC(=O)Nc1cccc(-n2nc(C)cc2C)c1. The molecule has 118 valence electrons. The van der Waals surface area contributed by atoms with Gasteiger partial charge in [0.05, 0.1) is 23.9 Å². The van der Waals surface area contributed by atoms with Gasteiger partial charge in [-0.25, -0.2) is 4.68 Å². The number of carbonyl (C=O) groups is 1. The van der Waals surface area contributed by atoms with Crippen molar-refractivity contribution in [1.82, 2.24) is 9.78 Å². The van der Waals surface area contributed by atoms with Crippen LogP contribution in [0.4, 0.5) is 5.69 Å². The van der Waals surface area contributed by atoms with Crippen LogP contribution in [0.15, 0.2) is 30.3 Å². The molecule has 6 nitrogen and oxygen atoms in total. The van der Waals surface area contributed by atoms with E-state index in [9.17, 15) is 4.79 Å². The first-order chi connectivity index (χ1) is 10.5. The van der Waals surface area contributed by atoms with Crippen molar-refractivity contribution in [3.8, 4) is 5.69 Å². The van der Waals surface area contributed by atoms with Crippen LogP contribution in [0.2, 0.25) is 0 Å². The molecule has 2 rings (SSSR count). The maximum absolute atomic E-state index is 12.0. The van der Waals surface area contributed by atoms with Crippen LogP contribution in [-0.4, -0.2) is 35.4 Å². The van der Waals surface area contributed by atoms with Gasteiger partial charge in [0.15, 0.2) is 0 Å². The van der Waals surface area contributed by atoms with Crippen molar-refractivity contribution in [1.29, 1.82) is 0 Å². The molecule has 1 aromatic heterocycles. The van der Waals surface area contributed by atoms with E-state index >= 15 is 0 Å². The van der Waals surface area contributed by atoms with Gasteiger partial charge in [-0.2, -0.15) is 5.10 Å². The smallest absolute Gasteiger partial charge is 0.227 e. The first kappa shape index (κ1) is 16.2. The lowest BCUT2D eigenvalue weighted by Gasteiger charge is -2.13. The van der Waals surface area contributed by atoms with Gasteiger partial charge in [-0.3, -0.25) is 4.79 Å². The number of anilines is 1. The minimum Gasteiger partial charge on any atom is -0.380 e. The number of aryl methyl sites for hydroxylation is 2. The molecule has 0 bridgehead atoms. The Morgan fingerprint density at radius 3 is 2.77 bits per heavy atom. The number of benzene rings is 1. The molecule has 1 aromatic carbocycles. The van der Waals surface area contributed by atoms with Gasteiger partial charge in [-0.1, -0.05) is 6.07 Å². The highest BCUT2D eigenvalue weighted by Gasteiger charge is 2.12. The van der Waals surface area contributed by atoms with Crippen molar-refractivity contribution in [2.75, 3.05) is 19.0 Å². The Labute approximate surface area is 130 Å². The molecule has 0 saturated heterocycles. The number of nitrogens with one attached hydrogen (secondary N) is 1. The van der Waals surface area contributed by atoms with E-state index in [4.69, 9.17) is 10.5 Å². The number of hydrogen-bond acceptors (Lipinski definition) is 4. The van der Waals surface area contributed by atoms with Crippen LogP contribution in [0.1, 0.15) is 17.8 Å². The molecule has 22 heavy (non-hydrogen) atoms. The van der Waals surface area contributed by atoms with Crippen LogP contribution < -0.4 is 11.1 Å². The zero-order valence-corrected chi connectivity index (χ0v) is 13.2. The minimum atomic E-state index is -0.265. The summed E-state index contributed by atoms with van der Waals surface area (Å²) in [5.41, 5.74) is 9.16. The Kier molecular flexibility index (Phi) is 5.30. The van der Waals surface area contributed by atoms with Gasteiger partial charge in [-0.05, 0) is 38.1 Å². The Hall–Kier alpha value is -2.18. The maximum Gasteiger partial charge on any atom is 0.227 e. The Morgan fingerprint density at radius 1 is 1.41 bits per heavy atom. The van der Waals surface area contributed by atoms with E-state index in [1.54, 1.807) is 7.11 Å². The van der Waals surface area contributed by atoms with Crippen molar-refractivity contribution in [2.45, 2.75) is 26.4 Å². The molecule has 0 aliphatic carbocycles. The third-order valence-electron chi connectivity index (χ3n) is 3.39. The van der Waals surface area contributed by atoms with E-state index in [0.29, 0.717) is 6.54 Å². The fourth-order valence-electron chi connectivity index (χ4n) is 2.29. The Morgan fingerprint density at radius 2 is 2.18 bits per heavy atom. The van der Waals surface area contributed by atoms with Crippen LogP contribution in [-0.2, 0) is 9.53 Å². The number of nitrogens with two attached hydrogens (primary N) is 1. The van der Waals surface area contributed by atoms with Gasteiger partial charge in [0, 0.05) is 25.0 Å². The molecule has 0 aliphatic heterocycles. The molecule has 1 heterocycles. The van der Waals surface area contributed by atoms with Crippen molar-refractivity contribution >= 4 is 11.6 Å². The van der Waals surface area contributed by atoms with E-state index in [1.165, 1.54) is 0 Å². The molecule has 1 unspecified atom stereocenters. The van der Waals surface area contributed by atoms with Crippen LogP contribution in [0.25, 0.3) is 5.69 Å². The lowest BCUT2D eigenvalue weighted by molar-refractivity contribution is -0.118. The molecular formula is C16H22N4O2. The van der Waals surface area contributed by atoms with E-state index in [1.807, 2.05) is 48.9 Å². The third-order valence-corrected chi connectivity index (χ3v) is 3.39. The Balaban J connectivity index is 2.12. The monoisotopic (exact) mass is 302 g/mol. The number of rotatable bonds is 6. The fourth-order valence-corrected chi connectivity index (χ4v) is 2.29. The second-order valence-electron chi connectivity index (χ2n) is 5.23. The number of carbonyl (C=O) groups excluding carboxylic acids is 1. The van der Waals surface area contributed by atoms with E-state index in [0.717, 1.165) is 22.8 Å². The number of ether oxygens (including phenoxy) is 1. The third kappa shape index (κ3) is 3.93. The minimum absolute atomic E-state index is 0.122. The number of hydrogen-bond donors (Lipinski definition) is 2. The van der Waals surface area contributed by atoms with Gasteiger partial charge in [0.25, 0.3) is 0 Å². The first-order valence-electron chi connectivity index (χ1n) is 7.20. The number of methoxy groups -OCH3 is 1. The molecule has 0 spiro atoms. The van der Waals surface area contributed by atoms with Gasteiger partial charge >= 0.3 is 0 Å². The highest BCUT2D eigenvalue weighted by atomic mass is 16.5. The summed E-state index contributed by atoms with van der Waals surface area (Å²) in [5, 5.41) is 7.30. The second kappa shape index (κ2) is 7.20. The summed E-state index contributed by atoms with van der Waals surface area (Å²) in [6, 6.07) is 9.58. The first-order valence-corrected chi connectivity index (χ1v) is 7.20. The van der Waals surface area contributed by atoms with Crippen molar-refractivity contribution in [3.05, 3.63) is 41.7 Å². The summed E-state index contributed by atoms with van der Waals surface area (Å²) in [6.07, 6.45) is -0.0314. The summed E-state index contributed by atoms with van der Waals surface area (Å²) >= 11 is 0. The van der Waals surface area contributed by atoms with E-state index in [2.05, 4.69) is 10.4 Å². The summed E-state index contributed by atoms with van der Waals surface area (Å²) in [5.74, 6) is -0.122. The standard InChI is InChI=1S/C16H22N4O2/c1-11-7-12(2)20(19-11)14-6-4-5-13(8-14)18-16(21)9-15(10-17)22-3/h4-8,15H,9-10,17H2,1-3H3,(H,18,21). The van der Waals surface area contributed by atoms with Crippen LogP contribution in [0.5, 0.6) is 0 Å². The van der Waals surface area contributed by atoms with Crippen LogP contribution in [0.3, 0.4) is 0 Å². The lowest BCUT2D eigenvalue weighted by Crippen LogP contribution is -2.28. The number of aromatic nitrogens is 2. The van der Waals surface area contributed by atoms with Crippen molar-refractivity contribution < 1.29 is 9.53 Å². The highest BCUT2D eigenvalue weighted by Crippen LogP contribution is 2.17. The van der Waals surface area contributed by atoms with E-state index < -0.39 is 0 Å². The molecule has 6 heteroatoms. The predicted molar refractivity (Wildman–Crippen MR) is 86.1 cm³/mol. The number of amides is 1. The Bertz CT molecular complexity index is 647. The normalized spacial score (nSPS) is 12.2. The van der Waals surface area contributed by atoms with Gasteiger partial charge in [0.1, 0.15) is 0 Å². The summed E-state index contributed by atoms with van der Waals surface area (Å²) < 4.78 is 6.97. The van der Waals surface area contributed by atoms with Crippen molar-refractivity contribution in [3.63, 3.8) is 0 Å². The fraction of sp³-hybridized carbons (Fsp3) is 0.375. The second-order valence-corrected chi connectivity index (χ2v) is 5.23. The quantitative estimate of drug-likeness (QED) is 0.852. The molecule has 0 radical (unpaired) electrons. The zero-order valence-electron chi connectivity index (χ0n) is 13.2. The predicted octanol–water partition coefficient (Wildman–Crippen LogP) is 1.79. The van der Waals surface area contributed by atoms with Gasteiger partial charge in [-0.15, -0.1) is 0 Å². The maximum atomic E-state index is 12.0. The lowest BCUT2D eigenvalue weighted by atomic mass is 10.2. The molecule has 1 amide bonds. The average Bonchev–Trinajstić information content (AvgIpc) is 2.83.